The summed E-state index contributed by atoms with van der Waals surface area (Å²) in [5, 5.41) is 8.65. The summed E-state index contributed by atoms with van der Waals surface area (Å²) < 4.78 is 4.98. The van der Waals surface area contributed by atoms with Crippen LogP contribution in [0.2, 0.25) is 0 Å². The summed E-state index contributed by atoms with van der Waals surface area (Å²) in [6.45, 7) is 5.31. The van der Waals surface area contributed by atoms with E-state index < -0.39 is 0 Å². The van der Waals surface area contributed by atoms with Crippen molar-refractivity contribution in [1.82, 2.24) is 10.1 Å². The highest BCUT2D eigenvalue weighted by molar-refractivity contribution is 7.10. The lowest BCUT2D eigenvalue weighted by Crippen LogP contribution is -2.41. The Balaban J connectivity index is 1.35. The Kier molecular flexibility index (Phi) is 5.04. The maximum Gasteiger partial charge on any atom is 0.254 e. The minimum atomic E-state index is -0.0942. The summed E-state index contributed by atoms with van der Waals surface area (Å²) in [4.78, 5) is 28.7. The number of anilines is 1. The minimum absolute atomic E-state index is 0.0442. The zero-order valence-electron chi connectivity index (χ0n) is 15.8. The van der Waals surface area contributed by atoms with Crippen LogP contribution in [0.25, 0.3) is 0 Å². The molecule has 2 amide bonds. The number of aryl methyl sites for hydroxylation is 1. The molecule has 0 spiro atoms. The predicted octanol–water partition coefficient (Wildman–Crippen LogP) is 3.66. The lowest BCUT2D eigenvalue weighted by Gasteiger charge is -2.31. The molecule has 1 unspecified atom stereocenters. The fourth-order valence-electron chi connectivity index (χ4n) is 4.03. The molecule has 2 aliphatic rings. The van der Waals surface area contributed by atoms with Gasteiger partial charge in [0, 0.05) is 35.3 Å². The van der Waals surface area contributed by atoms with Gasteiger partial charge in [-0.3, -0.25) is 9.59 Å². The molecule has 7 heteroatoms. The smallest absolute Gasteiger partial charge is 0.254 e. The highest BCUT2D eigenvalue weighted by atomic mass is 32.1. The fraction of sp³-hybridized carbons (Fsp3) is 0.550. The first-order valence-electron chi connectivity index (χ1n) is 9.64. The van der Waals surface area contributed by atoms with E-state index in [-0.39, 0.29) is 17.7 Å². The van der Waals surface area contributed by atoms with Crippen LogP contribution in [-0.4, -0.2) is 35.0 Å². The normalized spacial score (nSPS) is 20.4. The number of fused-ring (bicyclic) bond motifs is 1. The van der Waals surface area contributed by atoms with Crippen molar-refractivity contribution in [2.45, 2.75) is 46.0 Å². The van der Waals surface area contributed by atoms with Gasteiger partial charge in [-0.05, 0) is 50.5 Å². The Hall–Kier alpha value is -2.15. The second-order valence-corrected chi connectivity index (χ2v) is 8.74. The van der Waals surface area contributed by atoms with Crippen LogP contribution < -0.4 is 5.32 Å². The second-order valence-electron chi connectivity index (χ2n) is 7.78. The number of carbonyl (C=O) groups is 2. The van der Waals surface area contributed by atoms with Crippen molar-refractivity contribution in [3.63, 3.8) is 0 Å². The third kappa shape index (κ3) is 3.78. The zero-order chi connectivity index (χ0) is 19.0. The summed E-state index contributed by atoms with van der Waals surface area (Å²) in [6, 6.07) is 1.71. The van der Waals surface area contributed by atoms with Gasteiger partial charge in [0.05, 0.1) is 5.56 Å². The van der Waals surface area contributed by atoms with E-state index in [1.807, 2.05) is 10.3 Å². The van der Waals surface area contributed by atoms with E-state index in [1.165, 1.54) is 10.4 Å². The van der Waals surface area contributed by atoms with Crippen LogP contribution in [0.4, 0.5) is 5.82 Å². The number of carbonyl (C=O) groups excluding carboxylic acids is 2. The fourth-order valence-corrected chi connectivity index (χ4v) is 5.26. The van der Waals surface area contributed by atoms with Gasteiger partial charge in [-0.25, -0.2) is 0 Å². The minimum Gasteiger partial charge on any atom is -0.360 e. The molecule has 3 heterocycles. The molecule has 0 radical (unpaired) electrons. The number of aromatic nitrogens is 1. The summed E-state index contributed by atoms with van der Waals surface area (Å²) in [6.07, 6.45) is 4.62. The molecule has 1 fully saturated rings. The molecule has 27 heavy (non-hydrogen) atoms. The number of nitrogens with one attached hydrogen (secondary N) is 1. The molecule has 6 nitrogen and oxygen atoms in total. The van der Waals surface area contributed by atoms with Crippen LogP contribution in [0.15, 0.2) is 16.0 Å². The first kappa shape index (κ1) is 18.2. The Morgan fingerprint density at radius 3 is 2.78 bits per heavy atom. The van der Waals surface area contributed by atoms with Crippen molar-refractivity contribution in [1.29, 1.82) is 0 Å². The lowest BCUT2D eigenvalue weighted by molar-refractivity contribution is -0.121. The molecule has 144 valence electrons. The van der Waals surface area contributed by atoms with Gasteiger partial charge in [0.25, 0.3) is 5.91 Å². The number of hydrogen-bond donors (Lipinski definition) is 1. The van der Waals surface area contributed by atoms with E-state index in [0.717, 1.165) is 24.8 Å². The molecule has 1 atom stereocenters. The summed E-state index contributed by atoms with van der Waals surface area (Å²) in [7, 11) is 0. The van der Waals surface area contributed by atoms with Gasteiger partial charge in [-0.15, -0.1) is 11.3 Å². The van der Waals surface area contributed by atoms with E-state index in [2.05, 4.69) is 17.4 Å². The highest BCUT2D eigenvalue weighted by Crippen LogP contribution is 2.34. The maximum absolute atomic E-state index is 13.0. The Morgan fingerprint density at radius 2 is 2.07 bits per heavy atom. The average molecular weight is 388 g/mol. The van der Waals surface area contributed by atoms with Crippen LogP contribution in [0.5, 0.6) is 0 Å². The third-order valence-corrected chi connectivity index (χ3v) is 6.72. The molecule has 1 aliphatic heterocycles. The molecule has 2 aromatic heterocycles. The van der Waals surface area contributed by atoms with Crippen molar-refractivity contribution < 1.29 is 14.1 Å². The second kappa shape index (κ2) is 7.46. The van der Waals surface area contributed by atoms with Crippen molar-refractivity contribution >= 4 is 29.0 Å². The van der Waals surface area contributed by atoms with E-state index in [4.69, 9.17) is 4.52 Å². The number of nitrogens with zero attached hydrogens (tertiary/aromatic N) is 2. The van der Waals surface area contributed by atoms with Crippen molar-refractivity contribution in [2.75, 3.05) is 18.4 Å². The number of amides is 2. The van der Waals surface area contributed by atoms with Crippen LogP contribution in [0.3, 0.4) is 0 Å². The Labute approximate surface area is 162 Å². The molecule has 4 rings (SSSR count). The molecule has 0 bridgehead atoms. The number of likely N-dealkylation sites (tertiary alicyclic amines) is 1. The quantitative estimate of drug-likeness (QED) is 0.872. The van der Waals surface area contributed by atoms with Gasteiger partial charge >= 0.3 is 0 Å². The Morgan fingerprint density at radius 1 is 1.30 bits per heavy atom. The maximum atomic E-state index is 13.0. The molecule has 1 aliphatic carbocycles. The molecular weight excluding hydrogens is 362 g/mol. The van der Waals surface area contributed by atoms with E-state index in [0.29, 0.717) is 43.4 Å². The van der Waals surface area contributed by atoms with Gasteiger partial charge in [0.2, 0.25) is 5.91 Å². The van der Waals surface area contributed by atoms with Crippen molar-refractivity contribution in [2.24, 2.45) is 11.8 Å². The van der Waals surface area contributed by atoms with Gasteiger partial charge in [-0.2, -0.15) is 0 Å². The lowest BCUT2D eigenvalue weighted by atomic mass is 9.88. The van der Waals surface area contributed by atoms with Crippen LogP contribution >= 0.6 is 11.3 Å². The number of thiophene rings is 1. The van der Waals surface area contributed by atoms with E-state index >= 15 is 0 Å². The predicted molar refractivity (Wildman–Crippen MR) is 104 cm³/mol. The van der Waals surface area contributed by atoms with Crippen molar-refractivity contribution in [3.05, 3.63) is 33.2 Å². The molecule has 2 aromatic rings. The molecule has 0 saturated carbocycles. The van der Waals surface area contributed by atoms with E-state index in [1.54, 1.807) is 24.3 Å². The number of rotatable bonds is 3. The van der Waals surface area contributed by atoms with Crippen LogP contribution in [0.1, 0.15) is 52.7 Å². The van der Waals surface area contributed by atoms with Gasteiger partial charge < -0.3 is 14.7 Å². The van der Waals surface area contributed by atoms with E-state index in [9.17, 15) is 9.59 Å². The zero-order valence-corrected chi connectivity index (χ0v) is 16.6. The standard InChI is InChI=1S/C20H25N3O3S/c1-12-3-4-15-16(11-27-17(15)9-12)20(25)23-7-5-14(6-8-23)19(24)21-18-10-13(2)26-22-18/h10-12,14H,3-9H2,1-2H3,(H,21,22,24). The third-order valence-electron chi connectivity index (χ3n) is 5.66. The largest absolute Gasteiger partial charge is 0.360 e. The first-order chi connectivity index (χ1) is 13.0. The van der Waals surface area contributed by atoms with Crippen LogP contribution in [0, 0.1) is 18.8 Å². The number of piperidine rings is 1. The molecule has 1 N–H and O–H groups in total. The molecule has 1 saturated heterocycles. The summed E-state index contributed by atoms with van der Waals surface area (Å²) in [5.41, 5.74) is 2.16. The van der Waals surface area contributed by atoms with Gasteiger partial charge in [0.1, 0.15) is 5.76 Å². The topological polar surface area (TPSA) is 75.4 Å². The number of hydrogen-bond acceptors (Lipinski definition) is 5. The average Bonchev–Trinajstić information content (AvgIpc) is 3.26. The summed E-state index contributed by atoms with van der Waals surface area (Å²) >= 11 is 1.73. The van der Waals surface area contributed by atoms with Crippen LogP contribution in [-0.2, 0) is 17.6 Å². The van der Waals surface area contributed by atoms with Gasteiger partial charge in [-0.1, -0.05) is 12.1 Å². The molecule has 0 aromatic carbocycles. The highest BCUT2D eigenvalue weighted by Gasteiger charge is 2.31. The summed E-state index contributed by atoms with van der Waals surface area (Å²) in [5.74, 6) is 1.82. The van der Waals surface area contributed by atoms with Crippen molar-refractivity contribution in [3.8, 4) is 0 Å². The molecular formula is C20H25N3O3S. The van der Waals surface area contributed by atoms with Gasteiger partial charge in [0.15, 0.2) is 5.82 Å². The first-order valence-corrected chi connectivity index (χ1v) is 10.5. The Bertz CT molecular complexity index is 849. The monoisotopic (exact) mass is 387 g/mol. The SMILES string of the molecule is Cc1cc(NC(=O)C2CCN(C(=O)c3csc4c3CCC(C)C4)CC2)no1.